The van der Waals surface area contributed by atoms with E-state index >= 15 is 0 Å². The predicted octanol–water partition coefficient (Wildman–Crippen LogP) is 2.16. The van der Waals surface area contributed by atoms with Gasteiger partial charge in [0.25, 0.3) is 5.91 Å². The van der Waals surface area contributed by atoms with Gasteiger partial charge in [-0.1, -0.05) is 6.92 Å². The van der Waals surface area contributed by atoms with Gasteiger partial charge >= 0.3 is 0 Å². The van der Waals surface area contributed by atoms with Crippen LogP contribution in [-0.4, -0.2) is 65.9 Å². The molecule has 4 rings (SSSR count). The molecule has 0 bridgehead atoms. The number of carbonyl (C=O) groups excluding carboxylic acids is 2. The number of rotatable bonds is 4. The predicted molar refractivity (Wildman–Crippen MR) is 100 cm³/mol. The van der Waals surface area contributed by atoms with Crippen molar-refractivity contribution in [3.8, 4) is 0 Å². The van der Waals surface area contributed by atoms with E-state index < -0.39 is 0 Å². The van der Waals surface area contributed by atoms with Crippen molar-refractivity contribution in [2.24, 2.45) is 5.41 Å². The molecule has 1 aromatic heterocycles. The number of likely N-dealkylation sites (tertiary alicyclic amines) is 2. The molecule has 0 aliphatic carbocycles. The molecule has 3 aliphatic heterocycles. The molecule has 3 fully saturated rings. The quantitative estimate of drug-likeness (QED) is 0.830. The zero-order chi connectivity index (χ0) is 18.1. The molecule has 0 radical (unpaired) electrons. The molecule has 2 amide bonds. The molecule has 0 aromatic carbocycles. The normalized spacial score (nSPS) is 25.7. The number of hydrogen-bond donors (Lipinski definition) is 0. The van der Waals surface area contributed by atoms with E-state index in [1.54, 1.807) is 6.20 Å². The highest BCUT2D eigenvalue weighted by Gasteiger charge is 2.51. The van der Waals surface area contributed by atoms with Crippen LogP contribution in [0.3, 0.4) is 0 Å². The molecule has 3 saturated heterocycles. The second-order valence-electron chi connectivity index (χ2n) is 7.87. The van der Waals surface area contributed by atoms with Crippen molar-refractivity contribution < 1.29 is 9.59 Å². The van der Waals surface area contributed by atoms with E-state index in [1.165, 1.54) is 0 Å². The van der Waals surface area contributed by atoms with Crippen LogP contribution in [0.2, 0.25) is 0 Å². The number of hydrogen-bond acceptors (Lipinski definition) is 4. The summed E-state index contributed by atoms with van der Waals surface area (Å²) in [6.07, 6.45) is 6.69. The Kier molecular flexibility index (Phi) is 4.59. The van der Waals surface area contributed by atoms with Crippen molar-refractivity contribution in [2.45, 2.75) is 39.0 Å². The van der Waals surface area contributed by atoms with Crippen LogP contribution >= 0.6 is 0 Å². The number of nitrogens with zero attached hydrogens (tertiary/aromatic N) is 4. The maximum atomic E-state index is 12.9. The summed E-state index contributed by atoms with van der Waals surface area (Å²) >= 11 is 0. The summed E-state index contributed by atoms with van der Waals surface area (Å²) < 4.78 is 0. The Morgan fingerprint density at radius 2 is 1.96 bits per heavy atom. The van der Waals surface area contributed by atoms with Crippen molar-refractivity contribution in [3.05, 3.63) is 23.9 Å². The van der Waals surface area contributed by atoms with E-state index in [0.29, 0.717) is 18.0 Å². The summed E-state index contributed by atoms with van der Waals surface area (Å²) in [5.74, 6) is 1.13. The van der Waals surface area contributed by atoms with Crippen LogP contribution in [0.25, 0.3) is 0 Å². The average molecular weight is 356 g/mol. The van der Waals surface area contributed by atoms with Gasteiger partial charge in [0.1, 0.15) is 5.82 Å². The third kappa shape index (κ3) is 2.85. The van der Waals surface area contributed by atoms with Crippen molar-refractivity contribution in [2.75, 3.05) is 44.2 Å². The van der Waals surface area contributed by atoms with E-state index in [1.807, 2.05) is 21.9 Å². The maximum absolute atomic E-state index is 12.9. The number of amides is 2. The van der Waals surface area contributed by atoms with Gasteiger partial charge in [-0.3, -0.25) is 9.59 Å². The highest BCUT2D eigenvalue weighted by Crippen LogP contribution is 2.42. The first-order chi connectivity index (χ1) is 12.6. The molecule has 1 unspecified atom stereocenters. The lowest BCUT2D eigenvalue weighted by Gasteiger charge is -2.25. The van der Waals surface area contributed by atoms with Gasteiger partial charge in [0, 0.05) is 45.5 Å². The molecule has 4 heterocycles. The van der Waals surface area contributed by atoms with Crippen LogP contribution in [0, 0.1) is 5.41 Å². The maximum Gasteiger partial charge on any atom is 0.257 e. The Labute approximate surface area is 155 Å². The standard InChI is InChI=1S/C20H28N4O2/c1-2-10-23-13-7-20(19(23)26)8-14-24(15-20)17-16(6-5-9-21-17)18(25)22-11-3-4-12-22/h5-6,9H,2-4,7-8,10-15H2,1H3. The van der Waals surface area contributed by atoms with Crippen LogP contribution in [0.4, 0.5) is 5.82 Å². The third-order valence-electron chi connectivity index (χ3n) is 6.16. The Balaban J connectivity index is 1.55. The summed E-state index contributed by atoms with van der Waals surface area (Å²) in [6, 6.07) is 3.72. The fourth-order valence-corrected chi connectivity index (χ4v) is 4.71. The summed E-state index contributed by atoms with van der Waals surface area (Å²) in [4.78, 5) is 36.5. The summed E-state index contributed by atoms with van der Waals surface area (Å²) in [7, 11) is 0. The topological polar surface area (TPSA) is 56.8 Å². The molecule has 1 aromatic rings. The van der Waals surface area contributed by atoms with Gasteiger partial charge in [0.2, 0.25) is 5.91 Å². The van der Waals surface area contributed by atoms with Gasteiger partial charge in [-0.05, 0) is 44.2 Å². The van der Waals surface area contributed by atoms with Gasteiger partial charge in [-0.2, -0.15) is 0 Å². The largest absolute Gasteiger partial charge is 0.355 e. The van der Waals surface area contributed by atoms with E-state index in [-0.39, 0.29) is 11.3 Å². The minimum absolute atomic E-state index is 0.0805. The lowest BCUT2D eigenvalue weighted by molar-refractivity contribution is -0.135. The minimum Gasteiger partial charge on any atom is -0.355 e. The zero-order valence-electron chi connectivity index (χ0n) is 15.6. The number of pyridine rings is 1. The molecule has 1 atom stereocenters. The smallest absolute Gasteiger partial charge is 0.257 e. The molecule has 6 nitrogen and oxygen atoms in total. The Morgan fingerprint density at radius 3 is 2.73 bits per heavy atom. The van der Waals surface area contributed by atoms with Crippen LogP contribution in [0.15, 0.2) is 18.3 Å². The summed E-state index contributed by atoms with van der Waals surface area (Å²) in [5.41, 5.74) is 0.406. The zero-order valence-corrected chi connectivity index (χ0v) is 15.6. The number of anilines is 1. The van der Waals surface area contributed by atoms with Gasteiger partial charge in [0.15, 0.2) is 0 Å². The van der Waals surface area contributed by atoms with Gasteiger partial charge < -0.3 is 14.7 Å². The second-order valence-corrected chi connectivity index (χ2v) is 7.87. The molecule has 0 saturated carbocycles. The highest BCUT2D eigenvalue weighted by molar-refractivity contribution is 5.99. The molecule has 3 aliphatic rings. The molecule has 1 spiro atoms. The van der Waals surface area contributed by atoms with Crippen molar-refractivity contribution in [1.29, 1.82) is 0 Å². The minimum atomic E-state index is -0.277. The van der Waals surface area contributed by atoms with Crippen molar-refractivity contribution >= 4 is 17.6 Å². The van der Waals surface area contributed by atoms with Gasteiger partial charge in [0.05, 0.1) is 11.0 Å². The van der Waals surface area contributed by atoms with E-state index in [9.17, 15) is 9.59 Å². The first kappa shape index (κ1) is 17.3. The van der Waals surface area contributed by atoms with Crippen molar-refractivity contribution in [1.82, 2.24) is 14.8 Å². The first-order valence-electron chi connectivity index (χ1n) is 9.93. The lowest BCUT2D eigenvalue weighted by atomic mass is 9.85. The van der Waals surface area contributed by atoms with E-state index in [0.717, 1.165) is 70.6 Å². The first-order valence-corrected chi connectivity index (χ1v) is 9.93. The lowest BCUT2D eigenvalue weighted by Crippen LogP contribution is -2.38. The third-order valence-corrected chi connectivity index (χ3v) is 6.16. The fraction of sp³-hybridized carbons (Fsp3) is 0.650. The molecule has 26 heavy (non-hydrogen) atoms. The Hall–Kier alpha value is -2.11. The highest BCUT2D eigenvalue weighted by atomic mass is 16.2. The van der Waals surface area contributed by atoms with Crippen LogP contribution in [0.5, 0.6) is 0 Å². The van der Waals surface area contributed by atoms with E-state index in [4.69, 9.17) is 0 Å². The average Bonchev–Trinajstić information content (AvgIpc) is 3.40. The van der Waals surface area contributed by atoms with Crippen molar-refractivity contribution in [3.63, 3.8) is 0 Å². The number of carbonyl (C=O) groups is 2. The van der Waals surface area contributed by atoms with Gasteiger partial charge in [-0.15, -0.1) is 0 Å². The van der Waals surface area contributed by atoms with Crippen LogP contribution in [-0.2, 0) is 4.79 Å². The SMILES string of the molecule is CCCN1CCC2(CCN(c3ncccc3C(=O)N3CCCC3)C2)C1=O. The number of aromatic nitrogens is 1. The van der Waals surface area contributed by atoms with E-state index in [2.05, 4.69) is 16.8 Å². The van der Waals surface area contributed by atoms with Crippen LogP contribution < -0.4 is 4.90 Å². The molecule has 140 valence electrons. The Bertz CT molecular complexity index is 701. The molecular weight excluding hydrogens is 328 g/mol. The second kappa shape index (κ2) is 6.89. The summed E-state index contributed by atoms with van der Waals surface area (Å²) in [5, 5.41) is 0. The molecule has 6 heteroatoms. The fourth-order valence-electron chi connectivity index (χ4n) is 4.71. The monoisotopic (exact) mass is 356 g/mol. The van der Waals surface area contributed by atoms with Gasteiger partial charge in [-0.25, -0.2) is 4.98 Å². The summed E-state index contributed by atoms with van der Waals surface area (Å²) in [6.45, 7) is 6.98. The molecule has 0 N–H and O–H groups in total. The van der Waals surface area contributed by atoms with Crippen LogP contribution in [0.1, 0.15) is 49.4 Å². The Morgan fingerprint density at radius 1 is 1.19 bits per heavy atom. The molecular formula is C20H28N4O2.